The Morgan fingerprint density at radius 1 is 1.19 bits per heavy atom. The maximum absolute atomic E-state index is 12.4. The molecule has 0 fully saturated rings. The second kappa shape index (κ2) is 8.73. The van der Waals surface area contributed by atoms with Gasteiger partial charge in [0, 0.05) is 29.3 Å². The van der Waals surface area contributed by atoms with E-state index in [0.717, 1.165) is 35.4 Å². The Balaban J connectivity index is 1.59. The minimum atomic E-state index is -0.559. The number of carbonyl (C=O) groups excluding carboxylic acids is 1. The van der Waals surface area contributed by atoms with E-state index in [0.29, 0.717) is 6.61 Å². The first-order valence-corrected chi connectivity index (χ1v) is 9.25. The average molecular weight is 366 g/mol. The van der Waals surface area contributed by atoms with Crippen molar-refractivity contribution < 1.29 is 14.3 Å². The molecule has 0 saturated heterocycles. The van der Waals surface area contributed by atoms with Gasteiger partial charge in [0.25, 0.3) is 5.91 Å². The number of fused-ring (bicyclic) bond motifs is 1. The first-order valence-electron chi connectivity index (χ1n) is 9.25. The lowest BCUT2D eigenvalue weighted by atomic mass is 10.2. The smallest absolute Gasteiger partial charge is 0.253 e. The number of ether oxygens (including phenoxy) is 2. The molecule has 1 heterocycles. The number of nitrogens with one attached hydrogen (secondary N) is 1. The van der Waals surface area contributed by atoms with E-state index in [2.05, 4.69) is 29.1 Å². The molecule has 2 aromatic carbocycles. The van der Waals surface area contributed by atoms with Crippen LogP contribution in [0.1, 0.15) is 25.8 Å². The number of hydrogen-bond acceptors (Lipinski definition) is 3. The Morgan fingerprint density at radius 3 is 2.81 bits per heavy atom. The van der Waals surface area contributed by atoms with E-state index in [-0.39, 0.29) is 5.91 Å². The summed E-state index contributed by atoms with van der Waals surface area (Å²) >= 11 is 0. The molecule has 1 atom stereocenters. The molecule has 142 valence electrons. The van der Waals surface area contributed by atoms with Crippen molar-refractivity contribution in [1.82, 2.24) is 4.57 Å². The molecular weight excluding hydrogens is 340 g/mol. The van der Waals surface area contributed by atoms with Crippen LogP contribution in [0.15, 0.2) is 54.7 Å². The summed E-state index contributed by atoms with van der Waals surface area (Å²) < 4.78 is 13.1. The van der Waals surface area contributed by atoms with Gasteiger partial charge in [0.2, 0.25) is 0 Å². The first kappa shape index (κ1) is 19.0. The fourth-order valence-corrected chi connectivity index (χ4v) is 3.02. The van der Waals surface area contributed by atoms with Gasteiger partial charge < -0.3 is 19.4 Å². The van der Waals surface area contributed by atoms with Crippen LogP contribution in [0.4, 0.5) is 5.69 Å². The minimum Gasteiger partial charge on any atom is -0.497 e. The van der Waals surface area contributed by atoms with Gasteiger partial charge in [-0.3, -0.25) is 4.79 Å². The largest absolute Gasteiger partial charge is 0.497 e. The summed E-state index contributed by atoms with van der Waals surface area (Å²) in [7, 11) is 1.63. The number of amides is 1. The lowest BCUT2D eigenvalue weighted by Gasteiger charge is -2.14. The number of nitrogens with zero attached hydrogens (tertiary/aromatic N) is 1. The molecule has 0 aliphatic heterocycles. The highest BCUT2D eigenvalue weighted by molar-refractivity contribution is 5.96. The van der Waals surface area contributed by atoms with Crippen LogP contribution >= 0.6 is 0 Å². The van der Waals surface area contributed by atoms with E-state index in [4.69, 9.17) is 9.47 Å². The number of hydrogen-bond donors (Lipinski definition) is 1. The molecular formula is C22H26N2O3. The van der Waals surface area contributed by atoms with Crippen molar-refractivity contribution in [1.29, 1.82) is 0 Å². The van der Waals surface area contributed by atoms with Gasteiger partial charge in [-0.25, -0.2) is 0 Å². The van der Waals surface area contributed by atoms with Crippen molar-refractivity contribution in [2.45, 2.75) is 39.5 Å². The summed E-state index contributed by atoms with van der Waals surface area (Å²) in [6.07, 6.45) is 2.61. The molecule has 3 aromatic rings. The molecule has 0 saturated carbocycles. The molecule has 1 aromatic heterocycles. The monoisotopic (exact) mass is 366 g/mol. The topological polar surface area (TPSA) is 52.5 Å². The van der Waals surface area contributed by atoms with Gasteiger partial charge in [-0.2, -0.15) is 0 Å². The van der Waals surface area contributed by atoms with Gasteiger partial charge in [0.15, 0.2) is 0 Å². The Morgan fingerprint density at radius 2 is 2.04 bits per heavy atom. The summed E-state index contributed by atoms with van der Waals surface area (Å²) in [5, 5.41) is 4.05. The maximum Gasteiger partial charge on any atom is 0.253 e. The first-order chi connectivity index (χ1) is 13.1. The van der Waals surface area contributed by atoms with E-state index in [1.54, 1.807) is 14.0 Å². The van der Waals surface area contributed by atoms with Crippen LogP contribution in [0.3, 0.4) is 0 Å². The van der Waals surface area contributed by atoms with Gasteiger partial charge in [-0.1, -0.05) is 19.1 Å². The zero-order valence-electron chi connectivity index (χ0n) is 16.1. The van der Waals surface area contributed by atoms with Crippen LogP contribution in [0.5, 0.6) is 5.75 Å². The van der Waals surface area contributed by atoms with Crippen molar-refractivity contribution in [2.24, 2.45) is 0 Å². The number of anilines is 1. The Labute approximate surface area is 159 Å². The Bertz CT molecular complexity index is 917. The molecule has 5 heteroatoms. The highest BCUT2D eigenvalue weighted by atomic mass is 16.5. The SMILES string of the molecule is CCCn1ccc2cc(NC(=O)C(C)OCc3cccc(OC)c3)ccc21. The van der Waals surface area contributed by atoms with Crippen molar-refractivity contribution in [2.75, 3.05) is 12.4 Å². The van der Waals surface area contributed by atoms with Crippen molar-refractivity contribution in [3.8, 4) is 5.75 Å². The quantitative estimate of drug-likeness (QED) is 0.634. The van der Waals surface area contributed by atoms with Crippen LogP contribution < -0.4 is 10.1 Å². The number of carbonyl (C=O) groups is 1. The van der Waals surface area contributed by atoms with E-state index in [1.165, 1.54) is 5.52 Å². The second-order valence-electron chi connectivity index (χ2n) is 6.58. The average Bonchev–Trinajstić information content (AvgIpc) is 3.08. The summed E-state index contributed by atoms with van der Waals surface area (Å²) in [5.74, 6) is 0.613. The molecule has 1 N–H and O–H groups in total. The third-order valence-corrected chi connectivity index (χ3v) is 4.51. The number of methoxy groups -OCH3 is 1. The Hall–Kier alpha value is -2.79. The van der Waals surface area contributed by atoms with E-state index in [1.807, 2.05) is 42.5 Å². The van der Waals surface area contributed by atoms with Crippen LogP contribution in [-0.4, -0.2) is 23.7 Å². The maximum atomic E-state index is 12.4. The zero-order chi connectivity index (χ0) is 19.2. The molecule has 0 bridgehead atoms. The number of aromatic nitrogens is 1. The van der Waals surface area contributed by atoms with Crippen molar-refractivity contribution >= 4 is 22.5 Å². The van der Waals surface area contributed by atoms with E-state index < -0.39 is 6.10 Å². The van der Waals surface area contributed by atoms with Gasteiger partial charge in [0.1, 0.15) is 11.9 Å². The third kappa shape index (κ3) is 4.68. The van der Waals surface area contributed by atoms with Gasteiger partial charge >= 0.3 is 0 Å². The van der Waals surface area contributed by atoms with Crippen LogP contribution in [0.2, 0.25) is 0 Å². The number of aryl methyl sites for hydroxylation is 1. The predicted molar refractivity (Wildman–Crippen MR) is 108 cm³/mol. The lowest BCUT2D eigenvalue weighted by molar-refractivity contribution is -0.127. The summed E-state index contributed by atoms with van der Waals surface area (Å²) in [4.78, 5) is 12.4. The highest BCUT2D eigenvalue weighted by Gasteiger charge is 2.14. The molecule has 0 radical (unpaired) electrons. The van der Waals surface area contributed by atoms with Gasteiger partial charge in [-0.15, -0.1) is 0 Å². The van der Waals surface area contributed by atoms with Crippen LogP contribution in [0.25, 0.3) is 10.9 Å². The molecule has 1 unspecified atom stereocenters. The van der Waals surface area contributed by atoms with Crippen LogP contribution in [-0.2, 0) is 22.7 Å². The molecule has 3 rings (SSSR count). The molecule has 27 heavy (non-hydrogen) atoms. The second-order valence-corrected chi connectivity index (χ2v) is 6.58. The predicted octanol–water partition coefficient (Wildman–Crippen LogP) is 4.60. The van der Waals surface area contributed by atoms with Gasteiger partial charge in [-0.05, 0) is 55.3 Å². The highest BCUT2D eigenvalue weighted by Crippen LogP contribution is 2.21. The van der Waals surface area contributed by atoms with Crippen molar-refractivity contribution in [3.05, 3.63) is 60.3 Å². The normalized spacial score (nSPS) is 12.1. The molecule has 0 aliphatic rings. The zero-order valence-corrected chi connectivity index (χ0v) is 16.1. The summed E-state index contributed by atoms with van der Waals surface area (Å²) in [6, 6.07) is 15.7. The van der Waals surface area contributed by atoms with E-state index >= 15 is 0 Å². The summed E-state index contributed by atoms with van der Waals surface area (Å²) in [6.45, 7) is 5.26. The fraction of sp³-hybridized carbons (Fsp3) is 0.318. The number of rotatable bonds is 8. The third-order valence-electron chi connectivity index (χ3n) is 4.51. The van der Waals surface area contributed by atoms with Crippen LogP contribution in [0, 0.1) is 0 Å². The van der Waals surface area contributed by atoms with E-state index in [9.17, 15) is 4.79 Å². The summed E-state index contributed by atoms with van der Waals surface area (Å²) in [5.41, 5.74) is 2.92. The lowest BCUT2D eigenvalue weighted by Crippen LogP contribution is -2.27. The van der Waals surface area contributed by atoms with Gasteiger partial charge in [0.05, 0.1) is 13.7 Å². The molecule has 0 aliphatic carbocycles. The molecule has 0 spiro atoms. The molecule has 1 amide bonds. The standard InChI is InChI=1S/C22H26N2O3/c1-4-11-24-12-10-18-14-19(8-9-21(18)24)23-22(25)16(2)27-15-17-6-5-7-20(13-17)26-3/h5-10,12-14,16H,4,11,15H2,1-3H3,(H,23,25). The fourth-order valence-electron chi connectivity index (χ4n) is 3.02. The minimum absolute atomic E-state index is 0.162. The Kier molecular flexibility index (Phi) is 6.14. The van der Waals surface area contributed by atoms with Crippen molar-refractivity contribution in [3.63, 3.8) is 0 Å². The number of benzene rings is 2. The molecule has 5 nitrogen and oxygen atoms in total.